The summed E-state index contributed by atoms with van der Waals surface area (Å²) in [5.74, 6) is -0.584. The Kier molecular flexibility index (Phi) is 6.15. The van der Waals surface area contributed by atoms with E-state index in [4.69, 9.17) is 16.9 Å². The Morgan fingerprint density at radius 2 is 2.03 bits per heavy atom. The molecule has 148 valence electrons. The van der Waals surface area contributed by atoms with Crippen LogP contribution in [-0.4, -0.2) is 22.5 Å². The summed E-state index contributed by atoms with van der Waals surface area (Å²) in [7, 11) is 0. The first-order chi connectivity index (χ1) is 13.9. The number of fused-ring (bicyclic) bond motifs is 1. The lowest BCUT2D eigenvalue weighted by Gasteiger charge is -2.29. The number of nitrogens with zero attached hydrogens (tertiary/aromatic N) is 2. The van der Waals surface area contributed by atoms with Crippen LogP contribution in [0.5, 0.6) is 0 Å². The third kappa shape index (κ3) is 4.39. The van der Waals surface area contributed by atoms with Crippen LogP contribution in [0.2, 0.25) is 5.02 Å². The molecule has 8 heteroatoms. The van der Waals surface area contributed by atoms with E-state index in [1.165, 1.54) is 17.0 Å². The maximum atomic E-state index is 13.4. The van der Waals surface area contributed by atoms with Gasteiger partial charge in [0.2, 0.25) is 0 Å². The van der Waals surface area contributed by atoms with Gasteiger partial charge >= 0.3 is 6.03 Å². The summed E-state index contributed by atoms with van der Waals surface area (Å²) in [6, 6.07) is 12.1. The second-order valence-corrected chi connectivity index (χ2v) is 6.86. The molecule has 1 atom stereocenters. The first-order valence-electron chi connectivity index (χ1n) is 8.92. The van der Waals surface area contributed by atoms with Crippen LogP contribution in [0.3, 0.4) is 0 Å². The number of hydrogen-bond donors (Lipinski definition) is 2. The third-order valence-corrected chi connectivity index (χ3v) is 4.94. The summed E-state index contributed by atoms with van der Waals surface area (Å²) < 4.78 is 13.4. The fraction of sp³-hybridized carbons (Fsp3) is 0.190. The van der Waals surface area contributed by atoms with Crippen LogP contribution < -0.4 is 10.9 Å². The maximum absolute atomic E-state index is 13.4. The van der Waals surface area contributed by atoms with Crippen molar-refractivity contribution in [2.24, 2.45) is 0 Å². The first kappa shape index (κ1) is 20.4. The number of amides is 2. The van der Waals surface area contributed by atoms with Crippen LogP contribution in [-0.2, 0) is 0 Å². The number of pyridine rings is 1. The molecule has 1 heterocycles. The van der Waals surface area contributed by atoms with Crippen LogP contribution in [0.25, 0.3) is 10.8 Å². The van der Waals surface area contributed by atoms with Crippen molar-refractivity contribution in [2.45, 2.75) is 19.4 Å². The number of urea groups is 1. The summed E-state index contributed by atoms with van der Waals surface area (Å²) in [4.78, 5) is 29.2. The Morgan fingerprint density at radius 3 is 2.72 bits per heavy atom. The van der Waals surface area contributed by atoms with Gasteiger partial charge in [0.05, 0.1) is 23.6 Å². The molecule has 0 aliphatic carbocycles. The Balaban J connectivity index is 1.95. The standard InChI is InChI=1S/C21H18ClFN4O2/c1-13(17-12-25-20(28)16-6-3-2-5-15(16)17)27(10-4-9-24)21(29)26-14-7-8-19(23)18(22)11-14/h2-3,5-8,11-13H,4,10H2,1H3,(H,25,28)(H,26,29)/t13-/m0/s1. The maximum Gasteiger partial charge on any atom is 0.322 e. The Morgan fingerprint density at radius 1 is 1.31 bits per heavy atom. The minimum Gasteiger partial charge on any atom is -0.328 e. The molecule has 0 unspecified atom stereocenters. The van der Waals surface area contributed by atoms with Crippen molar-refractivity contribution in [1.29, 1.82) is 5.26 Å². The molecule has 0 bridgehead atoms. The number of carbonyl (C=O) groups excluding carboxylic acids is 1. The predicted octanol–water partition coefficient (Wildman–Crippen LogP) is 4.83. The van der Waals surface area contributed by atoms with Crippen molar-refractivity contribution in [1.82, 2.24) is 9.88 Å². The monoisotopic (exact) mass is 412 g/mol. The summed E-state index contributed by atoms with van der Waals surface area (Å²) in [5.41, 5.74) is 0.859. The van der Waals surface area contributed by atoms with Crippen molar-refractivity contribution in [2.75, 3.05) is 11.9 Å². The molecule has 0 aliphatic rings. The van der Waals surface area contributed by atoms with E-state index in [0.29, 0.717) is 11.1 Å². The van der Waals surface area contributed by atoms with E-state index in [1.54, 1.807) is 18.3 Å². The van der Waals surface area contributed by atoms with Crippen molar-refractivity contribution >= 4 is 34.1 Å². The van der Waals surface area contributed by atoms with E-state index < -0.39 is 17.9 Å². The van der Waals surface area contributed by atoms with E-state index in [2.05, 4.69) is 10.3 Å². The van der Waals surface area contributed by atoms with Gasteiger partial charge in [0, 0.05) is 23.8 Å². The largest absolute Gasteiger partial charge is 0.328 e. The van der Waals surface area contributed by atoms with Crippen molar-refractivity contribution in [3.05, 3.63) is 75.4 Å². The molecular weight excluding hydrogens is 395 g/mol. The normalized spacial score (nSPS) is 11.7. The minimum absolute atomic E-state index is 0.106. The zero-order valence-corrected chi connectivity index (χ0v) is 16.3. The SMILES string of the molecule is C[C@@H](c1c[nH]c(=O)c2ccccc12)N(CCC#N)C(=O)Nc1ccc(F)c(Cl)c1. The van der Waals surface area contributed by atoms with E-state index >= 15 is 0 Å². The van der Waals surface area contributed by atoms with Crippen LogP contribution >= 0.6 is 11.6 Å². The van der Waals surface area contributed by atoms with Crippen LogP contribution in [0.4, 0.5) is 14.9 Å². The van der Waals surface area contributed by atoms with E-state index in [-0.39, 0.29) is 23.5 Å². The van der Waals surface area contributed by atoms with Gasteiger partial charge in [-0.1, -0.05) is 29.8 Å². The highest BCUT2D eigenvalue weighted by molar-refractivity contribution is 6.31. The van der Waals surface area contributed by atoms with Gasteiger partial charge in [0.25, 0.3) is 5.56 Å². The lowest BCUT2D eigenvalue weighted by atomic mass is 10.0. The highest BCUT2D eigenvalue weighted by Crippen LogP contribution is 2.27. The first-order valence-corrected chi connectivity index (χ1v) is 9.30. The van der Waals surface area contributed by atoms with Gasteiger partial charge in [0.1, 0.15) is 5.82 Å². The zero-order valence-electron chi connectivity index (χ0n) is 15.6. The molecule has 0 saturated heterocycles. The zero-order chi connectivity index (χ0) is 21.0. The van der Waals surface area contributed by atoms with E-state index in [0.717, 1.165) is 17.0 Å². The molecule has 2 amide bonds. The van der Waals surface area contributed by atoms with Gasteiger partial charge in [-0.3, -0.25) is 4.79 Å². The minimum atomic E-state index is -0.584. The lowest BCUT2D eigenvalue weighted by molar-refractivity contribution is 0.195. The van der Waals surface area contributed by atoms with E-state index in [9.17, 15) is 14.0 Å². The number of rotatable bonds is 5. The number of hydrogen-bond acceptors (Lipinski definition) is 3. The molecule has 0 spiro atoms. The average Bonchev–Trinajstić information content (AvgIpc) is 2.71. The summed E-state index contributed by atoms with van der Waals surface area (Å²) in [6.45, 7) is 1.99. The predicted molar refractivity (Wildman–Crippen MR) is 110 cm³/mol. The summed E-state index contributed by atoms with van der Waals surface area (Å²) in [6.07, 6.45) is 1.71. The molecule has 3 aromatic rings. The van der Waals surface area contributed by atoms with Crippen molar-refractivity contribution < 1.29 is 9.18 Å². The van der Waals surface area contributed by atoms with Gasteiger partial charge in [-0.05, 0) is 42.1 Å². The highest BCUT2D eigenvalue weighted by atomic mass is 35.5. The number of aromatic nitrogens is 1. The number of nitrogens with one attached hydrogen (secondary N) is 2. The third-order valence-electron chi connectivity index (χ3n) is 4.66. The smallest absolute Gasteiger partial charge is 0.322 e. The quantitative estimate of drug-likeness (QED) is 0.629. The fourth-order valence-electron chi connectivity index (χ4n) is 3.16. The van der Waals surface area contributed by atoms with Crippen LogP contribution in [0.15, 0.2) is 53.5 Å². The molecule has 0 radical (unpaired) electrons. The van der Waals surface area contributed by atoms with Gasteiger partial charge in [0.15, 0.2) is 0 Å². The van der Waals surface area contributed by atoms with Gasteiger partial charge in [-0.2, -0.15) is 5.26 Å². The second kappa shape index (κ2) is 8.76. The van der Waals surface area contributed by atoms with Crippen molar-refractivity contribution in [3.63, 3.8) is 0 Å². The number of halogens is 2. The Hall–Kier alpha value is -3.37. The molecular formula is C21H18ClFN4O2. The molecule has 0 fully saturated rings. The molecule has 2 N–H and O–H groups in total. The Bertz CT molecular complexity index is 1160. The average molecular weight is 413 g/mol. The molecule has 1 aromatic heterocycles. The molecule has 3 rings (SSSR count). The van der Waals surface area contributed by atoms with Crippen LogP contribution in [0, 0.1) is 17.1 Å². The number of carbonyl (C=O) groups is 1. The van der Waals surface area contributed by atoms with Crippen LogP contribution in [0.1, 0.15) is 24.9 Å². The number of H-pyrrole nitrogens is 1. The van der Waals surface area contributed by atoms with Gasteiger partial charge < -0.3 is 15.2 Å². The van der Waals surface area contributed by atoms with Gasteiger partial charge in [-0.15, -0.1) is 0 Å². The molecule has 6 nitrogen and oxygen atoms in total. The Labute approximate surface area is 171 Å². The molecule has 29 heavy (non-hydrogen) atoms. The highest BCUT2D eigenvalue weighted by Gasteiger charge is 2.23. The topological polar surface area (TPSA) is 89.0 Å². The lowest BCUT2D eigenvalue weighted by Crippen LogP contribution is -2.38. The molecule has 2 aromatic carbocycles. The number of anilines is 1. The fourth-order valence-corrected chi connectivity index (χ4v) is 3.34. The second-order valence-electron chi connectivity index (χ2n) is 6.46. The molecule has 0 saturated carbocycles. The van der Waals surface area contributed by atoms with E-state index in [1.807, 2.05) is 25.1 Å². The van der Waals surface area contributed by atoms with Gasteiger partial charge in [-0.25, -0.2) is 9.18 Å². The molecule has 0 aliphatic heterocycles. The number of aromatic amines is 1. The van der Waals surface area contributed by atoms with Crippen molar-refractivity contribution in [3.8, 4) is 6.07 Å². The number of nitriles is 1. The summed E-state index contributed by atoms with van der Waals surface area (Å²) in [5, 5.41) is 12.8. The summed E-state index contributed by atoms with van der Waals surface area (Å²) >= 11 is 5.78. The number of benzene rings is 2.